The molecule has 1 aliphatic heterocycles. The van der Waals surface area contributed by atoms with Gasteiger partial charge in [0.05, 0.1) is 0 Å². The molecule has 1 aliphatic rings. The van der Waals surface area contributed by atoms with Crippen LogP contribution in [0.2, 0.25) is 0 Å². The molecule has 8 heavy (non-hydrogen) atoms. The van der Waals surface area contributed by atoms with Crippen LogP contribution in [0.5, 0.6) is 0 Å². The second kappa shape index (κ2) is 3.32. The summed E-state index contributed by atoms with van der Waals surface area (Å²) in [6.07, 6.45) is 6.82. The van der Waals surface area contributed by atoms with Crippen LogP contribution in [0.25, 0.3) is 0 Å². The second-order valence-electron chi connectivity index (χ2n) is 1.81. The van der Waals surface area contributed by atoms with Crippen molar-refractivity contribution in [1.29, 1.82) is 0 Å². The molecule has 0 aliphatic carbocycles. The Bertz CT molecular complexity index is 118. The summed E-state index contributed by atoms with van der Waals surface area (Å²) < 4.78 is 1.47. The summed E-state index contributed by atoms with van der Waals surface area (Å²) in [5.74, 6) is 0. The van der Waals surface area contributed by atoms with Gasteiger partial charge in [-0.25, -0.2) is 0 Å². The predicted molar refractivity (Wildman–Crippen MR) is 31.4 cm³/mol. The fraction of sp³-hybridized carbons (Fsp3) is 0.500. The van der Waals surface area contributed by atoms with Crippen LogP contribution in [0, 0.1) is 0 Å². The molecule has 0 spiro atoms. The number of hydrogen-bond donors (Lipinski definition) is 1. The van der Waals surface area contributed by atoms with Crippen LogP contribution in [-0.4, -0.2) is 10.6 Å². The van der Waals surface area contributed by atoms with E-state index in [9.17, 15) is 0 Å². The van der Waals surface area contributed by atoms with Gasteiger partial charge in [0.2, 0.25) is 0 Å². The van der Waals surface area contributed by atoms with Crippen molar-refractivity contribution in [3.05, 3.63) is 12.2 Å². The molecule has 2 heteroatoms. The van der Waals surface area contributed by atoms with Gasteiger partial charge in [0.15, 0.2) is 0 Å². The van der Waals surface area contributed by atoms with E-state index in [2.05, 4.69) is 17.5 Å². The Morgan fingerprint density at radius 2 is 2.38 bits per heavy atom. The van der Waals surface area contributed by atoms with Crippen LogP contribution in [0.3, 0.4) is 0 Å². The van der Waals surface area contributed by atoms with E-state index in [4.69, 9.17) is 0 Å². The molecule has 0 aromatic carbocycles. The molecule has 0 atom stereocenters. The third kappa shape index (κ3) is 2.02. The van der Waals surface area contributed by atoms with Gasteiger partial charge < -0.3 is 0 Å². The van der Waals surface area contributed by atoms with Crippen molar-refractivity contribution >= 4 is 4.02 Å². The zero-order chi connectivity index (χ0) is 5.82. The van der Waals surface area contributed by atoms with Crippen LogP contribution in [0.4, 0.5) is 0 Å². The summed E-state index contributed by atoms with van der Waals surface area (Å²) in [5.41, 5.74) is 0. The van der Waals surface area contributed by atoms with Crippen molar-refractivity contribution in [2.45, 2.75) is 12.8 Å². The summed E-state index contributed by atoms with van der Waals surface area (Å²) in [6.45, 7) is 1.13. The van der Waals surface area contributed by atoms with E-state index < -0.39 is 0 Å². The minimum absolute atomic E-state index is 1.13. The van der Waals surface area contributed by atoms with E-state index in [-0.39, 0.29) is 0 Å². The first kappa shape index (κ1) is 6.38. The van der Waals surface area contributed by atoms with Crippen molar-refractivity contribution in [3.63, 3.8) is 0 Å². The van der Waals surface area contributed by atoms with Crippen molar-refractivity contribution in [3.8, 4) is 0 Å². The maximum absolute atomic E-state index is 3.34. The zero-order valence-electron chi connectivity index (χ0n) is 4.68. The molecule has 0 bridgehead atoms. The Balaban J connectivity index is 2.41. The molecule has 0 unspecified atom stereocenters. The summed E-state index contributed by atoms with van der Waals surface area (Å²) >= 11 is 1.58. The Hall–Kier alpha value is 0.258. The van der Waals surface area contributed by atoms with Crippen LogP contribution in [-0.2, 0) is 19.4 Å². The van der Waals surface area contributed by atoms with Crippen molar-refractivity contribution in [1.82, 2.24) is 5.32 Å². The van der Waals surface area contributed by atoms with E-state index in [0.29, 0.717) is 0 Å². The SMILES string of the molecule is [W]=[C]1CC=CCCN1. The topological polar surface area (TPSA) is 12.0 Å². The zero-order valence-corrected chi connectivity index (χ0v) is 7.62. The van der Waals surface area contributed by atoms with E-state index in [0.717, 1.165) is 13.0 Å². The molecule has 0 aromatic heterocycles. The summed E-state index contributed by atoms with van der Waals surface area (Å²) in [5, 5.41) is 3.34. The van der Waals surface area contributed by atoms with Crippen molar-refractivity contribution < 1.29 is 19.4 Å². The average molecular weight is 279 g/mol. The van der Waals surface area contributed by atoms with Gasteiger partial charge in [0.25, 0.3) is 0 Å². The first-order chi connectivity index (χ1) is 3.89. The number of rotatable bonds is 0. The molecule has 1 N–H and O–H groups in total. The second-order valence-corrected chi connectivity index (χ2v) is 3.58. The van der Waals surface area contributed by atoms with Crippen LogP contribution in [0.1, 0.15) is 12.8 Å². The quantitative estimate of drug-likeness (QED) is 0.640. The molecule has 0 amide bonds. The Kier molecular flexibility index (Phi) is 2.64. The molecule has 0 saturated carbocycles. The molecule has 0 fully saturated rings. The molecule has 1 rings (SSSR count). The van der Waals surface area contributed by atoms with Gasteiger partial charge in [-0.3, -0.25) is 0 Å². The van der Waals surface area contributed by atoms with Crippen LogP contribution >= 0.6 is 0 Å². The number of hydrogen-bond acceptors (Lipinski definition) is 1. The summed E-state index contributed by atoms with van der Waals surface area (Å²) in [4.78, 5) is 0. The standard InChI is InChI=1S/C6H9N.W/c1-2-4-6-7-5-3-1;/h1-2,7H,3-5H2;. The first-order valence-corrected chi connectivity index (χ1v) is 4.28. The van der Waals surface area contributed by atoms with Crippen LogP contribution < -0.4 is 5.32 Å². The minimum atomic E-state index is 1.13. The van der Waals surface area contributed by atoms with Gasteiger partial charge in [0, 0.05) is 0 Å². The normalized spacial score (nSPS) is 20.8. The summed E-state index contributed by atoms with van der Waals surface area (Å²) in [6, 6.07) is 0. The molecule has 0 aromatic rings. The van der Waals surface area contributed by atoms with Crippen LogP contribution in [0.15, 0.2) is 12.2 Å². The molecule has 1 nitrogen and oxygen atoms in total. The first-order valence-electron chi connectivity index (χ1n) is 2.81. The fourth-order valence-electron chi connectivity index (χ4n) is 0.675. The van der Waals surface area contributed by atoms with Gasteiger partial charge in [-0.15, -0.1) is 0 Å². The Morgan fingerprint density at radius 1 is 1.50 bits per heavy atom. The van der Waals surface area contributed by atoms with E-state index >= 15 is 0 Å². The Labute approximate surface area is 60.6 Å². The van der Waals surface area contributed by atoms with Gasteiger partial charge in [-0.2, -0.15) is 0 Å². The molecular weight excluding hydrogens is 270 g/mol. The van der Waals surface area contributed by atoms with Crippen molar-refractivity contribution in [2.24, 2.45) is 0 Å². The third-order valence-electron chi connectivity index (χ3n) is 1.10. The van der Waals surface area contributed by atoms with Gasteiger partial charge >= 0.3 is 60.2 Å². The van der Waals surface area contributed by atoms with Gasteiger partial charge in [0.1, 0.15) is 0 Å². The monoisotopic (exact) mass is 279 g/mol. The van der Waals surface area contributed by atoms with E-state index in [1.165, 1.54) is 10.4 Å². The van der Waals surface area contributed by atoms with Gasteiger partial charge in [-0.1, -0.05) is 0 Å². The maximum atomic E-state index is 3.34. The molecular formula is C6H9NW. The van der Waals surface area contributed by atoms with E-state index in [1.54, 1.807) is 19.4 Å². The van der Waals surface area contributed by atoms with E-state index in [1.807, 2.05) is 0 Å². The molecule has 0 saturated heterocycles. The molecule has 1 heterocycles. The Morgan fingerprint density at radius 3 is 3.25 bits per heavy atom. The summed E-state index contributed by atoms with van der Waals surface area (Å²) in [7, 11) is 0. The van der Waals surface area contributed by atoms with Gasteiger partial charge in [-0.05, 0) is 0 Å². The average Bonchev–Trinajstić information content (AvgIpc) is 1.94. The van der Waals surface area contributed by atoms with Crippen molar-refractivity contribution in [2.75, 3.05) is 6.54 Å². The third-order valence-corrected chi connectivity index (χ3v) is 2.22. The number of nitrogens with one attached hydrogen (secondary N) is 1. The molecule has 44 valence electrons. The molecule has 0 radical (unpaired) electrons. The fourth-order valence-corrected chi connectivity index (χ4v) is 1.39. The predicted octanol–water partition coefficient (Wildman–Crippen LogP) is 0.603.